The second kappa shape index (κ2) is 8.70. The second-order valence-corrected chi connectivity index (χ2v) is 6.49. The minimum absolute atomic E-state index is 0.215. The zero-order valence-electron chi connectivity index (χ0n) is 12.9. The number of nitriles is 1. The van der Waals surface area contributed by atoms with Crippen LogP contribution < -0.4 is 9.61 Å². The smallest absolute Gasteiger partial charge is 0.313 e. The molecule has 0 radical (unpaired) electrons. The summed E-state index contributed by atoms with van der Waals surface area (Å²) in [6.07, 6.45) is 2.62. The van der Waals surface area contributed by atoms with Crippen LogP contribution >= 0.6 is 0 Å². The molecule has 0 spiro atoms. The number of hydrogen-bond donors (Lipinski definition) is 1. The molecular formula is C17H17N3O3S. The molecule has 7 heteroatoms. The van der Waals surface area contributed by atoms with Crippen molar-refractivity contribution in [1.82, 2.24) is 0 Å². The monoisotopic (exact) mass is 343 g/mol. The van der Waals surface area contributed by atoms with E-state index in [2.05, 4.69) is 10.5 Å². The summed E-state index contributed by atoms with van der Waals surface area (Å²) < 4.78 is 29.1. The first-order valence-electron chi connectivity index (χ1n) is 7.30. The van der Waals surface area contributed by atoms with Crippen LogP contribution in [0.5, 0.6) is 5.75 Å². The van der Waals surface area contributed by atoms with Crippen molar-refractivity contribution in [2.24, 2.45) is 5.10 Å². The Kier molecular flexibility index (Phi) is 6.34. The van der Waals surface area contributed by atoms with Gasteiger partial charge in [0, 0.05) is 12.6 Å². The Hall–Kier alpha value is -2.85. The lowest BCUT2D eigenvalue weighted by atomic mass is 10.2. The van der Waals surface area contributed by atoms with Gasteiger partial charge in [0.1, 0.15) is 11.5 Å². The molecule has 0 bridgehead atoms. The van der Waals surface area contributed by atoms with Crippen LogP contribution in [0.4, 0.5) is 5.69 Å². The average Bonchev–Trinajstić information content (AvgIpc) is 2.56. The molecule has 0 aliphatic heterocycles. The molecule has 0 aliphatic carbocycles. The summed E-state index contributed by atoms with van der Waals surface area (Å²) in [6.45, 7) is 0. The topological polar surface area (TPSA) is 91.5 Å². The summed E-state index contributed by atoms with van der Waals surface area (Å²) in [5.41, 5.74) is 4.16. The highest BCUT2D eigenvalue weighted by Gasteiger charge is 2.13. The van der Waals surface area contributed by atoms with Crippen molar-refractivity contribution in [2.45, 2.75) is 18.6 Å². The minimum Gasteiger partial charge on any atom is -0.382 e. The van der Waals surface area contributed by atoms with E-state index >= 15 is 0 Å². The van der Waals surface area contributed by atoms with Crippen LogP contribution in [0.3, 0.4) is 0 Å². The summed E-state index contributed by atoms with van der Waals surface area (Å²) in [5, 5.41) is 12.4. The highest BCUT2D eigenvalue weighted by Crippen LogP contribution is 2.16. The van der Waals surface area contributed by atoms with E-state index in [0.29, 0.717) is 24.2 Å². The number of nitrogens with zero attached hydrogens (tertiary/aromatic N) is 2. The maximum Gasteiger partial charge on any atom is 0.313 e. The van der Waals surface area contributed by atoms with Gasteiger partial charge in [-0.1, -0.05) is 30.3 Å². The first-order valence-corrected chi connectivity index (χ1v) is 8.87. The van der Waals surface area contributed by atoms with Crippen molar-refractivity contribution in [3.8, 4) is 11.8 Å². The summed E-state index contributed by atoms with van der Waals surface area (Å²) in [5.74, 6) is 0.0793. The number of nitrogens with one attached hydrogen (secondary N) is 1. The lowest BCUT2D eigenvalue weighted by molar-refractivity contribution is 0.485. The molecule has 0 aliphatic rings. The van der Waals surface area contributed by atoms with E-state index in [9.17, 15) is 8.42 Å². The Balaban J connectivity index is 1.91. The van der Waals surface area contributed by atoms with Gasteiger partial charge >= 0.3 is 10.1 Å². The largest absolute Gasteiger partial charge is 0.382 e. The lowest BCUT2D eigenvalue weighted by Gasteiger charge is -2.07. The number of hydrazone groups is 1. The Morgan fingerprint density at radius 2 is 1.83 bits per heavy atom. The standard InChI is InChI=1S/C17H17N3O3S/c18-12-4-5-13-19-20-16-10-8-15(9-11-16)14-24(21,22)23-17-6-2-1-3-7-17/h1-3,6-11,13,20H,4-5,14H2. The van der Waals surface area contributed by atoms with Gasteiger partial charge in [-0.15, -0.1) is 0 Å². The normalized spacial score (nSPS) is 11.1. The van der Waals surface area contributed by atoms with E-state index in [1.165, 1.54) is 0 Å². The van der Waals surface area contributed by atoms with Crippen molar-refractivity contribution in [3.05, 3.63) is 60.2 Å². The SMILES string of the molecule is N#CCCC=NNc1ccc(CS(=O)(=O)Oc2ccccc2)cc1. The van der Waals surface area contributed by atoms with Crippen molar-refractivity contribution >= 4 is 22.0 Å². The number of rotatable bonds is 8. The molecule has 124 valence electrons. The predicted molar refractivity (Wildman–Crippen MR) is 93.1 cm³/mol. The van der Waals surface area contributed by atoms with E-state index in [0.717, 1.165) is 5.69 Å². The summed E-state index contributed by atoms with van der Waals surface area (Å²) in [4.78, 5) is 0. The number of benzene rings is 2. The van der Waals surface area contributed by atoms with Crippen molar-refractivity contribution in [1.29, 1.82) is 5.26 Å². The van der Waals surface area contributed by atoms with E-state index in [1.54, 1.807) is 60.8 Å². The van der Waals surface area contributed by atoms with Gasteiger partial charge in [0.25, 0.3) is 0 Å². The molecule has 0 atom stereocenters. The van der Waals surface area contributed by atoms with E-state index in [4.69, 9.17) is 9.44 Å². The summed E-state index contributed by atoms with van der Waals surface area (Å²) in [7, 11) is -3.71. The molecule has 2 rings (SSSR count). The molecule has 0 heterocycles. The average molecular weight is 343 g/mol. The minimum atomic E-state index is -3.71. The molecule has 0 fully saturated rings. The Morgan fingerprint density at radius 1 is 1.12 bits per heavy atom. The van der Waals surface area contributed by atoms with E-state index < -0.39 is 10.1 Å². The van der Waals surface area contributed by atoms with Gasteiger partial charge in [-0.3, -0.25) is 5.43 Å². The third-order valence-electron chi connectivity index (χ3n) is 2.93. The van der Waals surface area contributed by atoms with Gasteiger partial charge in [0.05, 0.1) is 11.8 Å². The summed E-state index contributed by atoms with van der Waals surface area (Å²) >= 11 is 0. The highest BCUT2D eigenvalue weighted by atomic mass is 32.2. The maximum absolute atomic E-state index is 12.0. The van der Waals surface area contributed by atoms with Gasteiger partial charge < -0.3 is 4.18 Å². The van der Waals surface area contributed by atoms with Crippen molar-refractivity contribution < 1.29 is 12.6 Å². The van der Waals surface area contributed by atoms with Gasteiger partial charge in [-0.25, -0.2) is 0 Å². The van der Waals surface area contributed by atoms with Crippen LogP contribution in [0.2, 0.25) is 0 Å². The number of anilines is 1. The molecule has 0 saturated heterocycles. The predicted octanol–water partition coefficient (Wildman–Crippen LogP) is 3.30. The quantitative estimate of drug-likeness (QED) is 0.344. The van der Waals surface area contributed by atoms with Crippen LogP contribution in [-0.4, -0.2) is 14.6 Å². The van der Waals surface area contributed by atoms with E-state index in [1.807, 2.05) is 6.07 Å². The second-order valence-electron chi connectivity index (χ2n) is 4.92. The Bertz CT molecular complexity index is 810. The lowest BCUT2D eigenvalue weighted by Crippen LogP contribution is -2.12. The Morgan fingerprint density at radius 3 is 2.50 bits per heavy atom. The fourth-order valence-electron chi connectivity index (χ4n) is 1.85. The van der Waals surface area contributed by atoms with Gasteiger partial charge in [0.2, 0.25) is 0 Å². The van der Waals surface area contributed by atoms with Crippen LogP contribution in [0, 0.1) is 11.3 Å². The van der Waals surface area contributed by atoms with Gasteiger partial charge in [0.15, 0.2) is 0 Å². The molecular weight excluding hydrogens is 326 g/mol. The molecule has 2 aromatic carbocycles. The number of para-hydroxylation sites is 1. The van der Waals surface area contributed by atoms with Crippen molar-refractivity contribution in [3.63, 3.8) is 0 Å². The molecule has 1 N–H and O–H groups in total. The molecule has 6 nitrogen and oxygen atoms in total. The van der Waals surface area contributed by atoms with Crippen LogP contribution in [0.15, 0.2) is 59.7 Å². The third-order valence-corrected chi connectivity index (χ3v) is 4.07. The first-order chi connectivity index (χ1) is 11.6. The molecule has 2 aromatic rings. The fourth-order valence-corrected chi connectivity index (χ4v) is 2.91. The van der Waals surface area contributed by atoms with Gasteiger partial charge in [-0.2, -0.15) is 18.8 Å². The maximum atomic E-state index is 12.0. The molecule has 24 heavy (non-hydrogen) atoms. The Labute approximate surface area is 141 Å². The molecule has 0 unspecified atom stereocenters. The van der Waals surface area contributed by atoms with Crippen LogP contribution in [-0.2, 0) is 15.9 Å². The number of unbranched alkanes of at least 4 members (excludes halogenated alkanes) is 1. The van der Waals surface area contributed by atoms with E-state index in [-0.39, 0.29) is 5.75 Å². The highest BCUT2D eigenvalue weighted by molar-refractivity contribution is 7.86. The zero-order chi connectivity index (χ0) is 17.3. The van der Waals surface area contributed by atoms with Crippen LogP contribution in [0.1, 0.15) is 18.4 Å². The molecule has 0 saturated carbocycles. The molecule has 0 aromatic heterocycles. The molecule has 0 amide bonds. The first kappa shape index (κ1) is 17.5. The third kappa shape index (κ3) is 6.10. The zero-order valence-corrected chi connectivity index (χ0v) is 13.7. The van der Waals surface area contributed by atoms with Crippen molar-refractivity contribution in [2.75, 3.05) is 5.43 Å². The fraction of sp³-hybridized carbons (Fsp3) is 0.176. The van der Waals surface area contributed by atoms with Crippen LogP contribution in [0.25, 0.3) is 0 Å². The van der Waals surface area contributed by atoms with Gasteiger partial charge in [-0.05, 0) is 36.2 Å². The summed E-state index contributed by atoms with van der Waals surface area (Å²) in [6, 6.07) is 17.3. The number of hydrogen-bond acceptors (Lipinski definition) is 6.